The van der Waals surface area contributed by atoms with Gasteiger partial charge in [0.25, 0.3) is 5.91 Å². The number of nitrogens with zero attached hydrogens (tertiary/aromatic N) is 4. The molecule has 4 rings (SSSR count). The number of benzene rings is 2. The third-order valence-electron chi connectivity index (χ3n) is 5.44. The average Bonchev–Trinajstić information content (AvgIpc) is 3.29. The van der Waals surface area contributed by atoms with E-state index in [0.717, 1.165) is 55.0 Å². The number of amides is 1. The fraction of sp³-hybridized carbons (Fsp3) is 0.348. The minimum Gasteiger partial charge on any atom is -0.497 e. The molecule has 0 saturated carbocycles. The van der Waals surface area contributed by atoms with Gasteiger partial charge < -0.3 is 15.0 Å². The highest BCUT2D eigenvalue weighted by atomic mass is 32.1. The SMILES string of the molecule is COc1ccc(C(=O)NCCN2CCN(c3nc(Cc4ccc(F)cc4)ns3)CC2)cc1. The molecule has 2 aromatic carbocycles. The quantitative estimate of drug-likeness (QED) is 0.563. The van der Waals surface area contributed by atoms with Crippen molar-refractivity contribution in [3.05, 3.63) is 71.3 Å². The number of halogens is 1. The van der Waals surface area contributed by atoms with Crippen molar-refractivity contribution in [3.8, 4) is 5.75 Å². The van der Waals surface area contributed by atoms with Crippen LogP contribution in [0.5, 0.6) is 5.75 Å². The zero-order chi connectivity index (χ0) is 22.3. The zero-order valence-electron chi connectivity index (χ0n) is 18.0. The highest BCUT2D eigenvalue weighted by Crippen LogP contribution is 2.20. The smallest absolute Gasteiger partial charge is 0.251 e. The number of aromatic nitrogens is 2. The van der Waals surface area contributed by atoms with Gasteiger partial charge in [0.05, 0.1) is 7.11 Å². The lowest BCUT2D eigenvalue weighted by Crippen LogP contribution is -2.48. The Balaban J connectivity index is 1.19. The van der Waals surface area contributed by atoms with Crippen LogP contribution in [0.3, 0.4) is 0 Å². The topological polar surface area (TPSA) is 70.6 Å². The fourth-order valence-corrected chi connectivity index (χ4v) is 4.30. The Labute approximate surface area is 191 Å². The maximum absolute atomic E-state index is 13.1. The molecular weight excluding hydrogens is 429 g/mol. The van der Waals surface area contributed by atoms with Crippen LogP contribution in [0.15, 0.2) is 48.5 Å². The molecule has 0 unspecified atom stereocenters. The van der Waals surface area contributed by atoms with E-state index >= 15 is 0 Å². The highest BCUT2D eigenvalue weighted by Gasteiger charge is 2.20. The predicted octanol–water partition coefficient (Wildman–Crippen LogP) is 2.83. The van der Waals surface area contributed by atoms with Gasteiger partial charge in [0.1, 0.15) is 17.4 Å². The van der Waals surface area contributed by atoms with Crippen LogP contribution in [0.25, 0.3) is 0 Å². The lowest BCUT2D eigenvalue weighted by atomic mass is 10.1. The summed E-state index contributed by atoms with van der Waals surface area (Å²) in [5.41, 5.74) is 1.63. The summed E-state index contributed by atoms with van der Waals surface area (Å²) < 4.78 is 22.6. The molecule has 9 heteroatoms. The van der Waals surface area contributed by atoms with Gasteiger partial charge in [0.15, 0.2) is 0 Å². The number of carbonyl (C=O) groups is 1. The number of nitrogens with one attached hydrogen (secondary N) is 1. The molecule has 32 heavy (non-hydrogen) atoms. The third-order valence-corrected chi connectivity index (χ3v) is 6.26. The zero-order valence-corrected chi connectivity index (χ0v) is 18.8. The fourth-order valence-electron chi connectivity index (χ4n) is 3.56. The number of hydrogen-bond acceptors (Lipinski definition) is 7. The summed E-state index contributed by atoms with van der Waals surface area (Å²) in [6.45, 7) is 4.97. The maximum Gasteiger partial charge on any atom is 0.251 e. The summed E-state index contributed by atoms with van der Waals surface area (Å²) in [6, 6.07) is 13.5. The monoisotopic (exact) mass is 455 g/mol. The number of piperazine rings is 1. The first-order chi connectivity index (χ1) is 15.6. The van der Waals surface area contributed by atoms with Crippen LogP contribution in [0, 0.1) is 5.82 Å². The van der Waals surface area contributed by atoms with E-state index < -0.39 is 0 Å². The lowest BCUT2D eigenvalue weighted by Gasteiger charge is -2.34. The molecule has 1 aromatic heterocycles. The molecule has 1 amide bonds. The highest BCUT2D eigenvalue weighted by molar-refractivity contribution is 7.09. The molecule has 168 valence electrons. The van der Waals surface area contributed by atoms with E-state index in [2.05, 4.69) is 24.5 Å². The van der Waals surface area contributed by atoms with Gasteiger partial charge in [0.2, 0.25) is 5.13 Å². The second-order valence-electron chi connectivity index (χ2n) is 7.61. The average molecular weight is 456 g/mol. The molecule has 7 nitrogen and oxygen atoms in total. The van der Waals surface area contributed by atoms with Gasteiger partial charge in [0, 0.05) is 62.8 Å². The van der Waals surface area contributed by atoms with Crippen LogP contribution in [0.4, 0.5) is 9.52 Å². The van der Waals surface area contributed by atoms with E-state index in [-0.39, 0.29) is 11.7 Å². The Bertz CT molecular complexity index is 1020. The lowest BCUT2D eigenvalue weighted by molar-refractivity contribution is 0.0947. The van der Waals surface area contributed by atoms with Gasteiger partial charge in [-0.15, -0.1) is 0 Å². The van der Waals surface area contributed by atoms with E-state index in [1.165, 1.54) is 23.7 Å². The Hall–Kier alpha value is -3.04. The minimum absolute atomic E-state index is 0.0752. The molecule has 0 bridgehead atoms. The van der Waals surface area contributed by atoms with Crippen LogP contribution in [-0.2, 0) is 6.42 Å². The van der Waals surface area contributed by atoms with Crippen LogP contribution in [0.2, 0.25) is 0 Å². The Morgan fingerprint density at radius 2 is 1.81 bits per heavy atom. The van der Waals surface area contributed by atoms with Crippen molar-refractivity contribution in [2.45, 2.75) is 6.42 Å². The molecular formula is C23H26FN5O2S. The van der Waals surface area contributed by atoms with E-state index in [0.29, 0.717) is 18.5 Å². The van der Waals surface area contributed by atoms with Crippen molar-refractivity contribution in [3.63, 3.8) is 0 Å². The number of carbonyl (C=O) groups excluding carboxylic acids is 1. The summed E-state index contributed by atoms with van der Waals surface area (Å²) in [4.78, 5) is 21.5. The van der Waals surface area contributed by atoms with Crippen molar-refractivity contribution in [2.24, 2.45) is 0 Å². The molecule has 0 radical (unpaired) electrons. The minimum atomic E-state index is -0.237. The first kappa shape index (κ1) is 22.2. The first-order valence-electron chi connectivity index (χ1n) is 10.6. The number of hydrogen-bond donors (Lipinski definition) is 1. The largest absolute Gasteiger partial charge is 0.497 e. The van der Waals surface area contributed by atoms with Crippen LogP contribution >= 0.6 is 11.5 Å². The van der Waals surface area contributed by atoms with E-state index in [9.17, 15) is 9.18 Å². The number of rotatable bonds is 8. The van der Waals surface area contributed by atoms with E-state index in [4.69, 9.17) is 4.74 Å². The number of anilines is 1. The van der Waals surface area contributed by atoms with Gasteiger partial charge in [-0.2, -0.15) is 4.37 Å². The summed E-state index contributed by atoms with van der Waals surface area (Å²) in [7, 11) is 1.60. The first-order valence-corrected chi connectivity index (χ1v) is 11.3. The Kier molecular flexibility index (Phi) is 7.28. The van der Waals surface area contributed by atoms with Crippen molar-refractivity contribution in [1.82, 2.24) is 19.6 Å². The molecule has 1 aliphatic rings. The molecule has 1 N–H and O–H groups in total. The predicted molar refractivity (Wildman–Crippen MR) is 123 cm³/mol. The van der Waals surface area contributed by atoms with Crippen LogP contribution < -0.4 is 15.0 Å². The van der Waals surface area contributed by atoms with Crippen molar-refractivity contribution < 1.29 is 13.9 Å². The standard InChI is InChI=1S/C23H26FN5O2S/c1-31-20-8-4-18(5-9-20)22(30)25-10-11-28-12-14-29(15-13-28)23-26-21(27-32-23)16-17-2-6-19(24)7-3-17/h2-9H,10-16H2,1H3,(H,25,30). The van der Waals surface area contributed by atoms with Gasteiger partial charge in [-0.1, -0.05) is 12.1 Å². The third kappa shape index (κ3) is 5.80. The van der Waals surface area contributed by atoms with Gasteiger partial charge in [-0.05, 0) is 42.0 Å². The Morgan fingerprint density at radius 3 is 2.50 bits per heavy atom. The molecule has 0 aliphatic carbocycles. The van der Waals surface area contributed by atoms with E-state index in [1.54, 1.807) is 43.5 Å². The molecule has 3 aromatic rings. The molecule has 0 atom stereocenters. The van der Waals surface area contributed by atoms with Gasteiger partial charge in [-0.25, -0.2) is 9.37 Å². The molecule has 1 saturated heterocycles. The van der Waals surface area contributed by atoms with Crippen molar-refractivity contribution in [2.75, 3.05) is 51.3 Å². The van der Waals surface area contributed by atoms with Gasteiger partial charge >= 0.3 is 0 Å². The van der Waals surface area contributed by atoms with Gasteiger partial charge in [-0.3, -0.25) is 9.69 Å². The maximum atomic E-state index is 13.1. The number of ether oxygens (including phenoxy) is 1. The Morgan fingerprint density at radius 1 is 1.09 bits per heavy atom. The van der Waals surface area contributed by atoms with Crippen LogP contribution in [0.1, 0.15) is 21.7 Å². The van der Waals surface area contributed by atoms with Crippen molar-refractivity contribution >= 4 is 22.6 Å². The molecule has 2 heterocycles. The normalized spacial score (nSPS) is 14.4. The second kappa shape index (κ2) is 10.5. The molecule has 1 fully saturated rings. The molecule has 0 spiro atoms. The summed E-state index contributed by atoms with van der Waals surface area (Å²) >= 11 is 1.41. The summed E-state index contributed by atoms with van der Waals surface area (Å²) in [5.74, 6) is 1.19. The van der Waals surface area contributed by atoms with Crippen molar-refractivity contribution in [1.29, 1.82) is 0 Å². The summed E-state index contributed by atoms with van der Waals surface area (Å²) in [5, 5.41) is 3.90. The number of methoxy groups -OCH3 is 1. The van der Waals surface area contributed by atoms with E-state index in [1.807, 2.05) is 0 Å². The summed E-state index contributed by atoms with van der Waals surface area (Å²) in [6.07, 6.45) is 0.602. The van der Waals surface area contributed by atoms with Crippen LogP contribution in [-0.4, -0.2) is 66.5 Å². The second-order valence-corrected chi connectivity index (χ2v) is 8.34. The molecule has 1 aliphatic heterocycles.